The number of hydrogen-bond donors (Lipinski definition) is 1. The van der Waals surface area contributed by atoms with Gasteiger partial charge in [-0.3, -0.25) is 9.78 Å². The summed E-state index contributed by atoms with van der Waals surface area (Å²) in [6.45, 7) is 1.53. The Hall–Kier alpha value is -2.77. The molecule has 0 unspecified atom stereocenters. The number of hydrogen-bond acceptors (Lipinski definition) is 6. The smallest absolute Gasteiger partial charge is 0.317 e. The van der Waals surface area contributed by atoms with Gasteiger partial charge in [0.2, 0.25) is 5.89 Å². The molecule has 2 fully saturated rings. The highest BCUT2D eigenvalue weighted by atomic mass is 16.5. The molecule has 8 nitrogen and oxygen atoms in total. The molecule has 2 aromatic rings. The van der Waals surface area contributed by atoms with E-state index in [4.69, 9.17) is 4.52 Å². The molecule has 2 amide bonds. The minimum Gasteiger partial charge on any atom is -0.339 e. The van der Waals surface area contributed by atoms with Crippen LogP contribution in [0.25, 0.3) is 0 Å². The van der Waals surface area contributed by atoms with Gasteiger partial charge in [0.1, 0.15) is 5.69 Å². The van der Waals surface area contributed by atoms with Crippen molar-refractivity contribution in [2.24, 2.45) is 5.92 Å². The van der Waals surface area contributed by atoms with Gasteiger partial charge in [0.15, 0.2) is 11.6 Å². The van der Waals surface area contributed by atoms with Crippen LogP contribution < -0.4 is 5.32 Å². The minimum atomic E-state index is -0.197. The van der Waals surface area contributed by atoms with E-state index < -0.39 is 0 Å². The first-order chi connectivity index (χ1) is 13.2. The first-order valence-corrected chi connectivity index (χ1v) is 9.51. The number of ketones is 1. The summed E-state index contributed by atoms with van der Waals surface area (Å²) in [4.78, 5) is 35.2. The predicted octanol–water partition coefficient (Wildman–Crippen LogP) is 2.19. The van der Waals surface area contributed by atoms with Gasteiger partial charge in [-0.25, -0.2) is 4.79 Å². The van der Waals surface area contributed by atoms with E-state index in [1.165, 1.54) is 0 Å². The number of pyridine rings is 1. The second-order valence-corrected chi connectivity index (χ2v) is 7.17. The first kappa shape index (κ1) is 17.6. The fourth-order valence-electron chi connectivity index (χ4n) is 3.35. The van der Waals surface area contributed by atoms with E-state index in [2.05, 4.69) is 20.4 Å². The van der Waals surface area contributed by atoms with Crippen LogP contribution in [0.1, 0.15) is 53.8 Å². The maximum atomic E-state index is 12.6. The summed E-state index contributed by atoms with van der Waals surface area (Å²) in [6, 6.07) is 5.16. The number of rotatable bonds is 6. The summed E-state index contributed by atoms with van der Waals surface area (Å²) in [5.41, 5.74) is 0.466. The fraction of sp³-hybridized carbons (Fsp3) is 0.526. The normalized spacial score (nSPS) is 19.7. The van der Waals surface area contributed by atoms with Crippen molar-refractivity contribution in [2.45, 2.75) is 38.0 Å². The van der Waals surface area contributed by atoms with Gasteiger partial charge in [-0.1, -0.05) is 11.2 Å². The summed E-state index contributed by atoms with van der Waals surface area (Å²) >= 11 is 0. The van der Waals surface area contributed by atoms with Gasteiger partial charge in [-0.2, -0.15) is 4.98 Å². The van der Waals surface area contributed by atoms with E-state index in [9.17, 15) is 9.59 Å². The van der Waals surface area contributed by atoms with Gasteiger partial charge < -0.3 is 14.7 Å². The van der Waals surface area contributed by atoms with Gasteiger partial charge in [0, 0.05) is 44.1 Å². The second-order valence-electron chi connectivity index (χ2n) is 7.17. The van der Waals surface area contributed by atoms with Crippen LogP contribution >= 0.6 is 0 Å². The van der Waals surface area contributed by atoms with Crippen LogP contribution in [0.4, 0.5) is 4.79 Å². The fourth-order valence-corrected chi connectivity index (χ4v) is 3.35. The molecule has 3 heterocycles. The number of Topliss-reactive ketones (excluding diaryl/α,β-unsaturated/α-hetero) is 1. The minimum absolute atomic E-state index is 0.00695. The zero-order chi connectivity index (χ0) is 18.6. The molecule has 1 aliphatic carbocycles. The summed E-state index contributed by atoms with van der Waals surface area (Å²) in [5, 5.41) is 6.85. The molecule has 1 atom stereocenters. The first-order valence-electron chi connectivity index (χ1n) is 9.51. The molecule has 1 saturated heterocycles. The molecule has 1 aliphatic heterocycles. The lowest BCUT2D eigenvalue weighted by molar-refractivity contribution is 0.0840. The van der Waals surface area contributed by atoms with E-state index in [0.717, 1.165) is 25.7 Å². The largest absolute Gasteiger partial charge is 0.339 e. The van der Waals surface area contributed by atoms with E-state index >= 15 is 0 Å². The number of nitrogens with one attached hydrogen (secondary N) is 1. The Morgan fingerprint density at radius 3 is 2.93 bits per heavy atom. The van der Waals surface area contributed by atoms with Crippen molar-refractivity contribution in [1.82, 2.24) is 25.3 Å². The van der Waals surface area contributed by atoms with Gasteiger partial charge in [0.05, 0.1) is 0 Å². The van der Waals surface area contributed by atoms with Crippen LogP contribution in [0.15, 0.2) is 28.9 Å². The van der Waals surface area contributed by atoms with E-state index in [0.29, 0.717) is 49.4 Å². The molecule has 1 N–H and O–H groups in total. The average Bonchev–Trinajstić information content (AvgIpc) is 3.47. The summed E-state index contributed by atoms with van der Waals surface area (Å²) in [7, 11) is 0. The highest BCUT2D eigenvalue weighted by molar-refractivity contribution is 5.96. The van der Waals surface area contributed by atoms with Gasteiger partial charge in [-0.05, 0) is 37.8 Å². The third-order valence-electron chi connectivity index (χ3n) is 5.03. The zero-order valence-electron chi connectivity index (χ0n) is 15.1. The van der Waals surface area contributed by atoms with Crippen molar-refractivity contribution in [3.63, 3.8) is 0 Å². The van der Waals surface area contributed by atoms with Crippen LogP contribution in [-0.2, 0) is 6.42 Å². The van der Waals surface area contributed by atoms with Crippen LogP contribution in [0.3, 0.4) is 0 Å². The highest BCUT2D eigenvalue weighted by Crippen LogP contribution is 2.38. The highest BCUT2D eigenvalue weighted by Gasteiger charge is 2.30. The van der Waals surface area contributed by atoms with Crippen LogP contribution in [0.5, 0.6) is 0 Å². The Kier molecular flexibility index (Phi) is 5.13. The predicted molar refractivity (Wildman–Crippen MR) is 96.2 cm³/mol. The van der Waals surface area contributed by atoms with Gasteiger partial charge in [-0.15, -0.1) is 0 Å². The number of urea groups is 1. The average molecular weight is 369 g/mol. The van der Waals surface area contributed by atoms with Crippen molar-refractivity contribution < 1.29 is 14.1 Å². The Balaban J connectivity index is 1.26. The van der Waals surface area contributed by atoms with Crippen molar-refractivity contribution in [2.75, 3.05) is 19.6 Å². The number of aromatic nitrogens is 3. The number of likely N-dealkylation sites (tertiary alicyclic amines) is 1. The van der Waals surface area contributed by atoms with E-state index in [1.54, 1.807) is 29.3 Å². The lowest BCUT2D eigenvalue weighted by atomic mass is 9.92. The molecule has 2 aliphatic rings. The Morgan fingerprint density at radius 2 is 2.15 bits per heavy atom. The summed E-state index contributed by atoms with van der Waals surface area (Å²) < 4.78 is 5.22. The Morgan fingerprint density at radius 1 is 1.26 bits per heavy atom. The Bertz CT molecular complexity index is 803. The SMILES string of the molecule is O=C(c1ccccn1)[C@H]1CCCN(C(=O)NCCc2noc(C3CC3)n2)C1. The monoisotopic (exact) mass is 369 g/mol. The molecule has 142 valence electrons. The molecule has 0 spiro atoms. The molecule has 0 radical (unpaired) electrons. The van der Waals surface area contributed by atoms with Crippen molar-refractivity contribution in [1.29, 1.82) is 0 Å². The Labute approximate surface area is 157 Å². The van der Waals surface area contributed by atoms with Crippen molar-refractivity contribution in [3.05, 3.63) is 41.8 Å². The number of nitrogens with zero attached hydrogens (tertiary/aromatic N) is 4. The summed E-state index contributed by atoms with van der Waals surface area (Å²) in [6.07, 6.45) is 5.98. The molecule has 1 saturated carbocycles. The van der Waals surface area contributed by atoms with Crippen LogP contribution in [-0.4, -0.2) is 51.5 Å². The third-order valence-corrected chi connectivity index (χ3v) is 5.03. The van der Waals surface area contributed by atoms with Crippen molar-refractivity contribution in [3.8, 4) is 0 Å². The molecular formula is C19H23N5O3. The molecule has 4 rings (SSSR count). The molecule has 8 heteroatoms. The molecular weight excluding hydrogens is 346 g/mol. The second kappa shape index (κ2) is 7.85. The molecule has 27 heavy (non-hydrogen) atoms. The third kappa shape index (κ3) is 4.32. The molecule has 0 bridgehead atoms. The van der Waals surface area contributed by atoms with Gasteiger partial charge in [0.25, 0.3) is 0 Å². The molecule has 0 aromatic carbocycles. The lowest BCUT2D eigenvalue weighted by Gasteiger charge is -2.31. The molecule has 2 aromatic heterocycles. The van der Waals surface area contributed by atoms with Crippen LogP contribution in [0.2, 0.25) is 0 Å². The lowest BCUT2D eigenvalue weighted by Crippen LogP contribution is -2.47. The number of carbonyl (C=O) groups excluding carboxylic acids is 2. The standard InChI is InChI=1S/C19H23N5O3/c25-17(15-5-1-2-9-20-15)14-4-3-11-24(12-14)19(26)21-10-8-16-22-18(27-23-16)13-6-7-13/h1-2,5,9,13-14H,3-4,6-8,10-12H2,(H,21,26)/t14-/m0/s1. The topological polar surface area (TPSA) is 101 Å². The number of carbonyl (C=O) groups is 2. The maximum Gasteiger partial charge on any atom is 0.317 e. The number of piperidine rings is 1. The summed E-state index contributed by atoms with van der Waals surface area (Å²) in [5.74, 6) is 1.58. The van der Waals surface area contributed by atoms with Crippen LogP contribution in [0, 0.1) is 5.92 Å². The van der Waals surface area contributed by atoms with E-state index in [1.807, 2.05) is 0 Å². The van der Waals surface area contributed by atoms with E-state index in [-0.39, 0.29) is 17.7 Å². The quantitative estimate of drug-likeness (QED) is 0.783. The maximum absolute atomic E-state index is 12.6. The van der Waals surface area contributed by atoms with Gasteiger partial charge >= 0.3 is 6.03 Å². The number of amides is 2. The zero-order valence-corrected chi connectivity index (χ0v) is 15.1. The van der Waals surface area contributed by atoms with Crippen molar-refractivity contribution >= 4 is 11.8 Å².